The average Bonchev–Trinajstić information content (AvgIpc) is 3.28. The molecule has 4 nitrogen and oxygen atoms in total. The van der Waals surface area contributed by atoms with Crippen LogP contribution in [0.25, 0.3) is 10.9 Å². The van der Waals surface area contributed by atoms with Crippen molar-refractivity contribution in [1.29, 1.82) is 0 Å². The second-order valence-electron chi connectivity index (χ2n) is 6.94. The number of likely N-dealkylation sites (tertiary alicyclic amines) is 2. The van der Waals surface area contributed by atoms with E-state index >= 15 is 0 Å². The smallest absolute Gasteiger partial charge is 0.272 e. The van der Waals surface area contributed by atoms with Crippen LogP contribution in [0.5, 0.6) is 0 Å². The third-order valence-electron chi connectivity index (χ3n) is 5.64. The van der Waals surface area contributed by atoms with Crippen LogP contribution in [-0.2, 0) is 0 Å². The lowest BCUT2D eigenvalue weighted by Crippen LogP contribution is -2.48. The monoisotopic (exact) mass is 323 g/mol. The van der Waals surface area contributed by atoms with Crippen LogP contribution in [0.15, 0.2) is 36.4 Å². The van der Waals surface area contributed by atoms with Gasteiger partial charge in [0.15, 0.2) is 0 Å². The van der Waals surface area contributed by atoms with Gasteiger partial charge >= 0.3 is 0 Å². The molecule has 2 aliphatic heterocycles. The molecule has 4 rings (SSSR count). The number of amides is 1. The molecular formula is C20H25N3O. The highest BCUT2D eigenvalue weighted by molar-refractivity contribution is 5.95. The largest absolute Gasteiger partial charge is 0.333 e. The lowest BCUT2D eigenvalue weighted by molar-refractivity contribution is 0.0644. The second-order valence-corrected chi connectivity index (χ2v) is 6.94. The summed E-state index contributed by atoms with van der Waals surface area (Å²) >= 11 is 0. The van der Waals surface area contributed by atoms with Crippen LogP contribution in [0, 0.1) is 0 Å². The van der Waals surface area contributed by atoms with E-state index in [9.17, 15) is 4.79 Å². The molecule has 126 valence electrons. The zero-order chi connectivity index (χ0) is 16.5. The first kappa shape index (κ1) is 15.6. The summed E-state index contributed by atoms with van der Waals surface area (Å²) in [7, 11) is 0. The second kappa shape index (κ2) is 6.52. The molecule has 0 saturated carbocycles. The predicted molar refractivity (Wildman–Crippen MR) is 96.1 cm³/mol. The Balaban J connectivity index is 1.60. The number of likely N-dealkylation sites (N-methyl/N-ethyl adjacent to an activating group) is 1. The van der Waals surface area contributed by atoms with Crippen molar-refractivity contribution >= 4 is 16.8 Å². The Hall–Kier alpha value is -1.94. The van der Waals surface area contributed by atoms with Gasteiger partial charge in [0.2, 0.25) is 0 Å². The summed E-state index contributed by atoms with van der Waals surface area (Å²) in [6.45, 7) is 5.35. The number of hydrogen-bond acceptors (Lipinski definition) is 3. The molecular weight excluding hydrogens is 298 g/mol. The average molecular weight is 323 g/mol. The van der Waals surface area contributed by atoms with Crippen molar-refractivity contribution in [1.82, 2.24) is 14.8 Å². The summed E-state index contributed by atoms with van der Waals surface area (Å²) in [5, 5.41) is 1.08. The van der Waals surface area contributed by atoms with E-state index in [-0.39, 0.29) is 5.91 Å². The summed E-state index contributed by atoms with van der Waals surface area (Å²) in [5.41, 5.74) is 1.48. The molecule has 2 aliphatic rings. The molecule has 2 saturated heterocycles. The molecule has 4 heteroatoms. The fourth-order valence-electron chi connectivity index (χ4n) is 4.46. The van der Waals surface area contributed by atoms with Crippen LogP contribution in [-0.4, -0.2) is 52.4 Å². The van der Waals surface area contributed by atoms with Crippen molar-refractivity contribution in [3.05, 3.63) is 42.1 Å². The molecule has 1 aromatic heterocycles. The number of rotatable bonds is 3. The van der Waals surface area contributed by atoms with Crippen LogP contribution < -0.4 is 0 Å². The minimum atomic E-state index is 0.103. The van der Waals surface area contributed by atoms with Gasteiger partial charge in [-0.05, 0) is 50.9 Å². The van der Waals surface area contributed by atoms with Gasteiger partial charge in [0.1, 0.15) is 5.69 Å². The highest BCUT2D eigenvalue weighted by Crippen LogP contribution is 2.30. The van der Waals surface area contributed by atoms with E-state index in [2.05, 4.69) is 21.7 Å². The van der Waals surface area contributed by atoms with Crippen molar-refractivity contribution < 1.29 is 4.79 Å². The van der Waals surface area contributed by atoms with E-state index in [0.29, 0.717) is 17.8 Å². The van der Waals surface area contributed by atoms with Crippen molar-refractivity contribution in [2.24, 2.45) is 0 Å². The maximum absolute atomic E-state index is 13.1. The number of para-hydroxylation sites is 1. The normalized spacial score (nSPS) is 24.8. The maximum atomic E-state index is 13.1. The van der Waals surface area contributed by atoms with Crippen LogP contribution in [0.1, 0.15) is 43.1 Å². The number of aromatic nitrogens is 1. The molecule has 0 radical (unpaired) electrons. The molecule has 0 spiro atoms. The number of carbonyl (C=O) groups excluding carboxylic acids is 1. The molecule has 1 amide bonds. The molecule has 0 aliphatic carbocycles. The van der Waals surface area contributed by atoms with Gasteiger partial charge in [-0.2, -0.15) is 0 Å². The molecule has 0 bridgehead atoms. The first-order chi connectivity index (χ1) is 11.8. The topological polar surface area (TPSA) is 36.4 Å². The van der Waals surface area contributed by atoms with Crippen molar-refractivity contribution in [2.45, 2.75) is 44.7 Å². The summed E-state index contributed by atoms with van der Waals surface area (Å²) < 4.78 is 0. The Bertz CT molecular complexity index is 744. The number of carbonyl (C=O) groups is 1. The first-order valence-corrected chi connectivity index (χ1v) is 9.18. The van der Waals surface area contributed by atoms with E-state index in [4.69, 9.17) is 0 Å². The summed E-state index contributed by atoms with van der Waals surface area (Å²) in [4.78, 5) is 22.4. The maximum Gasteiger partial charge on any atom is 0.272 e. The van der Waals surface area contributed by atoms with E-state index in [0.717, 1.165) is 36.8 Å². The Morgan fingerprint density at radius 2 is 1.88 bits per heavy atom. The molecule has 2 fully saturated rings. The SMILES string of the molecule is CCN1CCC[C@H]1[C@H]1CCCN1C(=O)c1ccc2ccccc2n1. The first-order valence-electron chi connectivity index (χ1n) is 9.18. The number of fused-ring (bicyclic) bond motifs is 1. The lowest BCUT2D eigenvalue weighted by atomic mass is 10.0. The van der Waals surface area contributed by atoms with Crippen molar-refractivity contribution in [3.63, 3.8) is 0 Å². The standard InChI is InChI=1S/C20H25N3O/c1-2-22-13-5-9-18(22)19-10-6-14-23(19)20(24)17-12-11-15-7-3-4-8-16(15)21-17/h3-4,7-8,11-12,18-19H,2,5-6,9-10,13-14H2,1H3/t18-,19+/m0/s1. The van der Waals surface area contributed by atoms with E-state index in [1.165, 1.54) is 19.4 Å². The van der Waals surface area contributed by atoms with Gasteiger partial charge < -0.3 is 4.90 Å². The number of nitrogens with zero attached hydrogens (tertiary/aromatic N) is 3. The Labute approximate surface area is 143 Å². The molecule has 2 aromatic rings. The van der Waals surface area contributed by atoms with Crippen molar-refractivity contribution in [2.75, 3.05) is 19.6 Å². The van der Waals surface area contributed by atoms with Gasteiger partial charge in [0.05, 0.1) is 5.52 Å². The summed E-state index contributed by atoms with van der Waals surface area (Å²) in [6.07, 6.45) is 4.71. The van der Waals surface area contributed by atoms with Crippen molar-refractivity contribution in [3.8, 4) is 0 Å². The fourth-order valence-corrected chi connectivity index (χ4v) is 4.46. The highest BCUT2D eigenvalue weighted by atomic mass is 16.2. The molecule has 0 N–H and O–H groups in total. The van der Waals surface area contributed by atoms with Crippen LogP contribution in [0.3, 0.4) is 0 Å². The van der Waals surface area contributed by atoms with Gasteiger partial charge in [-0.25, -0.2) is 4.98 Å². The minimum absolute atomic E-state index is 0.103. The lowest BCUT2D eigenvalue weighted by Gasteiger charge is -2.34. The van der Waals surface area contributed by atoms with E-state index < -0.39 is 0 Å². The predicted octanol–water partition coefficient (Wildman–Crippen LogP) is 3.32. The van der Waals surface area contributed by atoms with E-state index in [1.807, 2.05) is 36.4 Å². The van der Waals surface area contributed by atoms with Crippen LogP contribution in [0.4, 0.5) is 0 Å². The summed E-state index contributed by atoms with van der Waals surface area (Å²) in [6, 6.07) is 12.8. The molecule has 1 aromatic carbocycles. The van der Waals surface area contributed by atoms with Gasteiger partial charge in [0.25, 0.3) is 5.91 Å². The van der Waals surface area contributed by atoms with Crippen LogP contribution in [0.2, 0.25) is 0 Å². The number of hydrogen-bond donors (Lipinski definition) is 0. The van der Waals surface area contributed by atoms with Crippen LogP contribution >= 0.6 is 0 Å². The van der Waals surface area contributed by atoms with Gasteiger partial charge in [-0.1, -0.05) is 31.2 Å². The highest BCUT2D eigenvalue weighted by Gasteiger charge is 2.39. The van der Waals surface area contributed by atoms with E-state index in [1.54, 1.807) is 0 Å². The Morgan fingerprint density at radius 1 is 1.08 bits per heavy atom. The molecule has 2 atom stereocenters. The van der Waals surface area contributed by atoms with Gasteiger partial charge in [0, 0.05) is 24.0 Å². The Morgan fingerprint density at radius 3 is 2.75 bits per heavy atom. The quantitative estimate of drug-likeness (QED) is 0.869. The van der Waals surface area contributed by atoms with Gasteiger partial charge in [-0.15, -0.1) is 0 Å². The third kappa shape index (κ3) is 2.69. The minimum Gasteiger partial charge on any atom is -0.333 e. The zero-order valence-corrected chi connectivity index (χ0v) is 14.3. The third-order valence-corrected chi connectivity index (χ3v) is 5.64. The molecule has 0 unspecified atom stereocenters. The number of benzene rings is 1. The number of pyridine rings is 1. The Kier molecular flexibility index (Phi) is 4.23. The molecule has 3 heterocycles. The fraction of sp³-hybridized carbons (Fsp3) is 0.500. The molecule has 24 heavy (non-hydrogen) atoms. The zero-order valence-electron chi connectivity index (χ0n) is 14.3. The van der Waals surface area contributed by atoms with Gasteiger partial charge in [-0.3, -0.25) is 9.69 Å². The summed E-state index contributed by atoms with van der Waals surface area (Å²) in [5.74, 6) is 0.103.